The zero-order chi connectivity index (χ0) is 17.8. The number of rotatable bonds is 6. The molecule has 0 fully saturated rings. The maximum absolute atomic E-state index is 12.0. The molecular formula is C16H19N5O3S. The highest BCUT2D eigenvalue weighted by Crippen LogP contribution is 2.18. The zero-order valence-corrected chi connectivity index (χ0v) is 14.8. The number of benzene rings is 1. The Kier molecular flexibility index (Phi) is 5.13. The molecule has 0 saturated carbocycles. The number of nitrogens with one attached hydrogen (secondary N) is 2. The predicted molar refractivity (Wildman–Crippen MR) is 97.1 cm³/mol. The number of carbonyl (C=O) groups is 1. The van der Waals surface area contributed by atoms with E-state index >= 15 is 0 Å². The van der Waals surface area contributed by atoms with Crippen LogP contribution in [0.4, 0.5) is 10.5 Å². The van der Waals surface area contributed by atoms with Gasteiger partial charge in [-0.25, -0.2) is 14.6 Å². The Morgan fingerprint density at radius 3 is 2.96 bits per heavy atom. The Bertz CT molecular complexity index is 943. The number of aromatic nitrogens is 3. The van der Waals surface area contributed by atoms with Crippen molar-refractivity contribution in [2.45, 2.75) is 18.6 Å². The van der Waals surface area contributed by atoms with Crippen molar-refractivity contribution in [2.75, 3.05) is 17.6 Å². The lowest BCUT2D eigenvalue weighted by Gasteiger charge is -2.07. The number of fused-ring (bicyclic) bond motifs is 1. The van der Waals surface area contributed by atoms with Gasteiger partial charge in [0, 0.05) is 50.0 Å². The topological polar surface area (TPSA) is 94.1 Å². The first-order valence-electron chi connectivity index (χ1n) is 7.87. The van der Waals surface area contributed by atoms with Crippen molar-refractivity contribution in [1.29, 1.82) is 0 Å². The Morgan fingerprint density at radius 2 is 2.24 bits per heavy atom. The average molecular weight is 361 g/mol. The van der Waals surface area contributed by atoms with E-state index in [4.69, 9.17) is 4.42 Å². The molecule has 0 aliphatic rings. The predicted octanol–water partition coefficient (Wildman–Crippen LogP) is 2.26. The maximum Gasteiger partial charge on any atom is 0.419 e. The number of aryl methyl sites for hydroxylation is 2. The summed E-state index contributed by atoms with van der Waals surface area (Å²) in [6.07, 6.45) is 3.62. The summed E-state index contributed by atoms with van der Waals surface area (Å²) in [6, 6.07) is 4.84. The highest BCUT2D eigenvalue weighted by atomic mass is 32.2. The van der Waals surface area contributed by atoms with Crippen LogP contribution in [0.1, 0.15) is 6.92 Å². The molecule has 8 nitrogen and oxygen atoms in total. The summed E-state index contributed by atoms with van der Waals surface area (Å²) in [7, 11) is 1.93. The molecule has 0 spiro atoms. The number of amides is 2. The number of oxazole rings is 1. The van der Waals surface area contributed by atoms with Crippen LogP contribution < -0.4 is 16.4 Å². The van der Waals surface area contributed by atoms with E-state index in [0.29, 0.717) is 35.6 Å². The molecule has 1 aromatic carbocycles. The molecule has 132 valence electrons. The lowest BCUT2D eigenvalue weighted by atomic mass is 10.3. The van der Waals surface area contributed by atoms with Crippen LogP contribution in [-0.4, -0.2) is 32.4 Å². The van der Waals surface area contributed by atoms with Gasteiger partial charge in [0.1, 0.15) is 0 Å². The third kappa shape index (κ3) is 3.87. The minimum Gasteiger partial charge on any atom is -0.408 e. The van der Waals surface area contributed by atoms with Crippen LogP contribution in [0.25, 0.3) is 11.1 Å². The first-order chi connectivity index (χ1) is 12.1. The van der Waals surface area contributed by atoms with Crippen molar-refractivity contribution >= 4 is 34.6 Å². The molecule has 0 radical (unpaired) electrons. The quantitative estimate of drug-likeness (QED) is 0.519. The van der Waals surface area contributed by atoms with E-state index in [1.165, 1.54) is 4.57 Å². The molecule has 9 heteroatoms. The molecule has 2 N–H and O–H groups in total. The second-order valence-electron chi connectivity index (χ2n) is 5.34. The smallest absolute Gasteiger partial charge is 0.408 e. The zero-order valence-electron chi connectivity index (χ0n) is 14.0. The number of hydrogen-bond acceptors (Lipinski definition) is 5. The van der Waals surface area contributed by atoms with Gasteiger partial charge in [0.2, 0.25) is 0 Å². The second kappa shape index (κ2) is 7.47. The third-order valence-electron chi connectivity index (χ3n) is 3.64. The maximum atomic E-state index is 12.0. The van der Waals surface area contributed by atoms with Gasteiger partial charge in [-0.3, -0.25) is 4.57 Å². The van der Waals surface area contributed by atoms with Gasteiger partial charge >= 0.3 is 11.8 Å². The molecule has 0 saturated heterocycles. The highest BCUT2D eigenvalue weighted by molar-refractivity contribution is 7.99. The van der Waals surface area contributed by atoms with Crippen LogP contribution in [0.3, 0.4) is 0 Å². The highest BCUT2D eigenvalue weighted by Gasteiger charge is 2.09. The van der Waals surface area contributed by atoms with Crippen molar-refractivity contribution in [1.82, 2.24) is 19.4 Å². The lowest BCUT2D eigenvalue weighted by Crippen LogP contribution is -2.30. The fourth-order valence-electron chi connectivity index (χ4n) is 2.42. The van der Waals surface area contributed by atoms with Gasteiger partial charge in [-0.05, 0) is 19.1 Å². The van der Waals surface area contributed by atoms with Gasteiger partial charge in [-0.1, -0.05) is 11.8 Å². The molecule has 0 aliphatic heterocycles. The van der Waals surface area contributed by atoms with Crippen LogP contribution in [0.5, 0.6) is 0 Å². The molecule has 3 rings (SSSR count). The van der Waals surface area contributed by atoms with Crippen molar-refractivity contribution in [3.05, 3.63) is 41.1 Å². The largest absolute Gasteiger partial charge is 0.419 e. The fourth-order valence-corrected chi connectivity index (χ4v) is 3.20. The molecule has 0 unspecified atom stereocenters. The van der Waals surface area contributed by atoms with Gasteiger partial charge in [-0.2, -0.15) is 0 Å². The van der Waals surface area contributed by atoms with E-state index in [9.17, 15) is 9.59 Å². The van der Waals surface area contributed by atoms with Crippen molar-refractivity contribution in [2.24, 2.45) is 7.05 Å². The number of thioether (sulfide) groups is 1. The number of carbonyl (C=O) groups excluding carboxylic acids is 1. The molecule has 0 bridgehead atoms. The van der Waals surface area contributed by atoms with Crippen molar-refractivity contribution < 1.29 is 9.21 Å². The molecule has 2 amide bonds. The van der Waals surface area contributed by atoms with E-state index < -0.39 is 5.76 Å². The molecule has 0 aliphatic carbocycles. The lowest BCUT2D eigenvalue weighted by molar-refractivity contribution is 0.252. The number of anilines is 1. The van der Waals surface area contributed by atoms with E-state index in [1.807, 2.05) is 24.7 Å². The number of urea groups is 1. The summed E-state index contributed by atoms with van der Waals surface area (Å²) in [4.78, 5) is 27.8. The van der Waals surface area contributed by atoms with Gasteiger partial charge in [0.15, 0.2) is 10.7 Å². The fraction of sp³-hybridized carbons (Fsp3) is 0.312. The molecule has 0 atom stereocenters. The van der Waals surface area contributed by atoms with Crippen molar-refractivity contribution in [3.8, 4) is 0 Å². The van der Waals surface area contributed by atoms with E-state index in [1.54, 1.807) is 36.2 Å². The summed E-state index contributed by atoms with van der Waals surface area (Å²) in [5.41, 5.74) is 1.73. The van der Waals surface area contributed by atoms with Crippen LogP contribution in [0.15, 0.2) is 45.0 Å². The van der Waals surface area contributed by atoms with Gasteiger partial charge in [-0.15, -0.1) is 0 Å². The summed E-state index contributed by atoms with van der Waals surface area (Å²) in [5, 5.41) is 6.42. The Labute approximate surface area is 148 Å². The minimum atomic E-state index is -0.398. The Hall–Kier alpha value is -2.68. The first kappa shape index (κ1) is 17.2. The van der Waals surface area contributed by atoms with Crippen LogP contribution in [-0.2, 0) is 13.6 Å². The summed E-state index contributed by atoms with van der Waals surface area (Å²) in [5.74, 6) is 0.316. The normalized spacial score (nSPS) is 11.0. The molecule has 2 heterocycles. The number of nitrogens with zero attached hydrogens (tertiary/aromatic N) is 3. The molecule has 3 aromatic rings. The van der Waals surface area contributed by atoms with Crippen LogP contribution >= 0.6 is 11.8 Å². The van der Waals surface area contributed by atoms with Crippen molar-refractivity contribution in [3.63, 3.8) is 0 Å². The first-order valence-corrected chi connectivity index (χ1v) is 8.85. The average Bonchev–Trinajstić information content (AvgIpc) is 3.13. The summed E-state index contributed by atoms with van der Waals surface area (Å²) < 4.78 is 8.65. The standard InChI is InChI=1S/C16H19N5O3S/c1-3-21-12-5-4-11(10-13(12)24-16(21)23)19-14(22)17-7-9-25-15-18-6-8-20(15)2/h4-6,8,10H,3,7,9H2,1-2H3,(H2,17,19,22). The Balaban J connectivity index is 1.53. The van der Waals surface area contributed by atoms with Gasteiger partial charge in [0.05, 0.1) is 5.52 Å². The Morgan fingerprint density at radius 1 is 1.40 bits per heavy atom. The third-order valence-corrected chi connectivity index (χ3v) is 4.70. The van der Waals surface area contributed by atoms with Gasteiger partial charge in [0.25, 0.3) is 0 Å². The SMILES string of the molecule is CCn1c(=O)oc2cc(NC(=O)NCCSc3nccn3C)ccc21. The van der Waals surface area contributed by atoms with Gasteiger partial charge < -0.3 is 19.6 Å². The molecule has 2 aromatic heterocycles. The minimum absolute atomic E-state index is 0.308. The summed E-state index contributed by atoms with van der Waals surface area (Å²) in [6.45, 7) is 2.92. The summed E-state index contributed by atoms with van der Waals surface area (Å²) >= 11 is 1.57. The molecule has 25 heavy (non-hydrogen) atoms. The molecular weight excluding hydrogens is 342 g/mol. The van der Waals surface area contributed by atoms with Crippen LogP contribution in [0.2, 0.25) is 0 Å². The van der Waals surface area contributed by atoms with E-state index in [0.717, 1.165) is 5.16 Å². The second-order valence-corrected chi connectivity index (χ2v) is 6.41. The number of imidazole rings is 1. The van der Waals surface area contributed by atoms with E-state index in [2.05, 4.69) is 15.6 Å². The monoisotopic (exact) mass is 361 g/mol. The van der Waals surface area contributed by atoms with E-state index in [-0.39, 0.29) is 6.03 Å². The number of hydrogen-bond donors (Lipinski definition) is 2. The van der Waals surface area contributed by atoms with Crippen LogP contribution in [0, 0.1) is 0 Å².